The lowest BCUT2D eigenvalue weighted by Gasteiger charge is -2.22. The molecule has 2 bridgehead atoms. The molecule has 2 aromatic rings. The van der Waals surface area contributed by atoms with Gasteiger partial charge in [-0.3, -0.25) is 0 Å². The first-order valence-corrected chi connectivity index (χ1v) is 8.25. The molecule has 0 saturated heterocycles. The molecule has 0 spiro atoms. The number of allylic oxidation sites excluding steroid dienone is 4. The smallest absolute Gasteiger partial charge is 0.00354 e. The number of fused-ring (bicyclic) bond motifs is 2. The van der Waals surface area contributed by atoms with Crippen LogP contribution in [0.15, 0.2) is 60.7 Å². The van der Waals surface area contributed by atoms with E-state index in [4.69, 9.17) is 0 Å². The Morgan fingerprint density at radius 1 is 0.727 bits per heavy atom. The lowest BCUT2D eigenvalue weighted by molar-refractivity contribution is 0.580. The SMILES string of the molecule is Cc1ccc(C2=C[C@H]3C=C(c4ccc(C)cc4)[C@@H](C2)C3)cc1. The Kier molecular flexibility index (Phi) is 3.26. The first kappa shape index (κ1) is 13.6. The molecule has 0 heterocycles. The van der Waals surface area contributed by atoms with Gasteiger partial charge in [-0.2, -0.15) is 0 Å². The van der Waals surface area contributed by atoms with Gasteiger partial charge in [-0.1, -0.05) is 71.8 Å². The summed E-state index contributed by atoms with van der Waals surface area (Å²) in [7, 11) is 0. The summed E-state index contributed by atoms with van der Waals surface area (Å²) in [5.74, 6) is 1.31. The molecular formula is C22H22. The maximum absolute atomic E-state index is 2.50. The van der Waals surface area contributed by atoms with Crippen LogP contribution in [0.3, 0.4) is 0 Å². The molecule has 0 unspecified atom stereocenters. The molecule has 0 radical (unpaired) electrons. The molecule has 2 aromatic carbocycles. The molecule has 0 aliphatic heterocycles. The molecule has 2 aliphatic rings. The van der Waals surface area contributed by atoms with Gasteiger partial charge in [0.15, 0.2) is 0 Å². The summed E-state index contributed by atoms with van der Waals surface area (Å²) in [5, 5.41) is 0. The largest absolute Gasteiger partial charge is 0.0737 e. The topological polar surface area (TPSA) is 0 Å². The average Bonchev–Trinajstić information content (AvgIpc) is 2.83. The van der Waals surface area contributed by atoms with Gasteiger partial charge in [0.05, 0.1) is 0 Å². The lowest BCUT2D eigenvalue weighted by Crippen LogP contribution is -2.07. The molecule has 4 rings (SSSR count). The van der Waals surface area contributed by atoms with Crippen LogP contribution in [-0.4, -0.2) is 0 Å². The lowest BCUT2D eigenvalue weighted by atomic mass is 9.82. The van der Waals surface area contributed by atoms with Gasteiger partial charge in [0.2, 0.25) is 0 Å². The fraction of sp³-hybridized carbons (Fsp3) is 0.273. The summed E-state index contributed by atoms with van der Waals surface area (Å²) in [6.07, 6.45) is 7.46. The summed E-state index contributed by atoms with van der Waals surface area (Å²) in [6.45, 7) is 4.31. The predicted octanol–water partition coefficient (Wildman–Crippen LogP) is 5.81. The van der Waals surface area contributed by atoms with Gasteiger partial charge in [-0.25, -0.2) is 0 Å². The maximum Gasteiger partial charge on any atom is -0.00354 e. The average molecular weight is 286 g/mol. The quantitative estimate of drug-likeness (QED) is 0.653. The third-order valence-corrected chi connectivity index (χ3v) is 5.08. The van der Waals surface area contributed by atoms with E-state index >= 15 is 0 Å². The van der Waals surface area contributed by atoms with Crippen molar-refractivity contribution in [3.05, 3.63) is 82.9 Å². The number of aryl methyl sites for hydroxylation is 2. The van der Waals surface area contributed by atoms with Gasteiger partial charge in [0.25, 0.3) is 0 Å². The van der Waals surface area contributed by atoms with Crippen molar-refractivity contribution in [3.63, 3.8) is 0 Å². The van der Waals surface area contributed by atoms with Gasteiger partial charge in [0, 0.05) is 0 Å². The van der Waals surface area contributed by atoms with Crippen LogP contribution in [0.4, 0.5) is 0 Å². The highest BCUT2D eigenvalue weighted by atomic mass is 14.4. The van der Waals surface area contributed by atoms with Crippen LogP contribution in [0.2, 0.25) is 0 Å². The molecule has 110 valence electrons. The Morgan fingerprint density at radius 3 is 1.95 bits per heavy atom. The summed E-state index contributed by atoms with van der Waals surface area (Å²) in [6, 6.07) is 18.0. The zero-order valence-electron chi connectivity index (χ0n) is 13.3. The third kappa shape index (κ3) is 2.43. The minimum Gasteiger partial charge on any atom is -0.0737 e. The van der Waals surface area contributed by atoms with Gasteiger partial charge in [0.1, 0.15) is 0 Å². The van der Waals surface area contributed by atoms with E-state index in [0.29, 0.717) is 11.8 Å². The van der Waals surface area contributed by atoms with Crippen molar-refractivity contribution in [2.45, 2.75) is 26.7 Å². The molecule has 0 N–H and O–H groups in total. The van der Waals surface area contributed by atoms with E-state index in [1.54, 1.807) is 5.57 Å². The molecule has 0 aromatic heterocycles. The Morgan fingerprint density at radius 2 is 1.32 bits per heavy atom. The van der Waals surface area contributed by atoms with Crippen molar-refractivity contribution >= 4 is 11.1 Å². The molecule has 0 fully saturated rings. The summed E-state index contributed by atoms with van der Waals surface area (Å²) in [5.41, 5.74) is 8.57. The van der Waals surface area contributed by atoms with Crippen LogP contribution in [0.25, 0.3) is 11.1 Å². The molecule has 0 heteroatoms. The third-order valence-electron chi connectivity index (χ3n) is 5.08. The normalized spacial score (nSPS) is 23.2. The van der Waals surface area contributed by atoms with Crippen LogP contribution in [0.1, 0.15) is 35.1 Å². The van der Waals surface area contributed by atoms with E-state index in [0.717, 1.165) is 0 Å². The van der Waals surface area contributed by atoms with Crippen molar-refractivity contribution in [3.8, 4) is 0 Å². The summed E-state index contributed by atoms with van der Waals surface area (Å²) in [4.78, 5) is 0. The van der Waals surface area contributed by atoms with Crippen molar-refractivity contribution in [2.24, 2.45) is 11.8 Å². The van der Waals surface area contributed by atoms with Crippen LogP contribution in [0, 0.1) is 25.7 Å². The monoisotopic (exact) mass is 286 g/mol. The summed E-state index contributed by atoms with van der Waals surface area (Å²) >= 11 is 0. The maximum atomic E-state index is 2.50. The fourth-order valence-corrected chi connectivity index (χ4v) is 3.85. The molecule has 2 atom stereocenters. The fourth-order valence-electron chi connectivity index (χ4n) is 3.85. The minimum absolute atomic E-state index is 0.617. The molecule has 22 heavy (non-hydrogen) atoms. The number of hydrogen-bond acceptors (Lipinski definition) is 0. The van der Waals surface area contributed by atoms with E-state index in [2.05, 4.69) is 74.5 Å². The molecule has 0 nitrogen and oxygen atoms in total. The zero-order chi connectivity index (χ0) is 15.1. The highest BCUT2D eigenvalue weighted by Crippen LogP contribution is 2.47. The standard InChI is InChI=1S/C22H22/c1-15-3-7-18(8-4-15)20-11-17-12-21(14-20)22(13-17)19-9-5-16(2)6-10-19/h3-11,13,17,21H,12,14H2,1-2H3/t17-,21-/m1/s1. The van der Waals surface area contributed by atoms with Crippen LogP contribution < -0.4 is 0 Å². The second kappa shape index (κ2) is 5.28. The number of benzene rings is 2. The highest BCUT2D eigenvalue weighted by Gasteiger charge is 2.31. The van der Waals surface area contributed by atoms with Crippen molar-refractivity contribution < 1.29 is 0 Å². The predicted molar refractivity (Wildman–Crippen MR) is 94.5 cm³/mol. The number of hydrogen-bond donors (Lipinski definition) is 0. The van der Waals surface area contributed by atoms with E-state index in [1.807, 2.05) is 0 Å². The molecule has 0 saturated carbocycles. The molecule has 0 amide bonds. The van der Waals surface area contributed by atoms with Gasteiger partial charge in [-0.15, -0.1) is 0 Å². The van der Waals surface area contributed by atoms with E-state index in [9.17, 15) is 0 Å². The van der Waals surface area contributed by atoms with E-state index < -0.39 is 0 Å². The van der Waals surface area contributed by atoms with Crippen LogP contribution >= 0.6 is 0 Å². The van der Waals surface area contributed by atoms with E-state index in [1.165, 1.54) is 40.7 Å². The van der Waals surface area contributed by atoms with Gasteiger partial charge in [-0.05, 0) is 60.8 Å². The second-order valence-corrected chi connectivity index (χ2v) is 6.85. The van der Waals surface area contributed by atoms with E-state index in [-0.39, 0.29) is 0 Å². The van der Waals surface area contributed by atoms with Gasteiger partial charge < -0.3 is 0 Å². The second-order valence-electron chi connectivity index (χ2n) is 6.85. The van der Waals surface area contributed by atoms with Crippen molar-refractivity contribution in [1.82, 2.24) is 0 Å². The Balaban J connectivity index is 1.61. The molecular weight excluding hydrogens is 264 g/mol. The minimum atomic E-state index is 0.617. The Hall–Kier alpha value is -2.08. The summed E-state index contributed by atoms with van der Waals surface area (Å²) < 4.78 is 0. The van der Waals surface area contributed by atoms with Crippen molar-refractivity contribution in [1.29, 1.82) is 0 Å². The highest BCUT2D eigenvalue weighted by molar-refractivity contribution is 5.78. The molecule has 2 aliphatic carbocycles. The van der Waals surface area contributed by atoms with Crippen molar-refractivity contribution in [2.75, 3.05) is 0 Å². The van der Waals surface area contributed by atoms with Gasteiger partial charge >= 0.3 is 0 Å². The number of rotatable bonds is 2. The van der Waals surface area contributed by atoms with Crippen LogP contribution in [0.5, 0.6) is 0 Å². The Bertz CT molecular complexity index is 740. The Labute approximate surface area is 133 Å². The first-order valence-electron chi connectivity index (χ1n) is 8.25. The zero-order valence-corrected chi connectivity index (χ0v) is 13.3. The first-order chi connectivity index (χ1) is 10.7. The van der Waals surface area contributed by atoms with Crippen LogP contribution in [-0.2, 0) is 0 Å².